The van der Waals surface area contributed by atoms with E-state index in [4.69, 9.17) is 5.73 Å². The Labute approximate surface area is 250 Å². The van der Waals surface area contributed by atoms with Gasteiger partial charge in [-0.05, 0) is 60.7 Å². The van der Waals surface area contributed by atoms with Gasteiger partial charge in [-0.1, -0.05) is 12.1 Å². The van der Waals surface area contributed by atoms with Crippen LogP contribution in [0.2, 0.25) is 0 Å². The molecule has 2 amide bonds. The number of hydrogen-bond donors (Lipinski definition) is 2. The van der Waals surface area contributed by atoms with Gasteiger partial charge in [0, 0.05) is 36.1 Å². The molecule has 236 valence electrons. The van der Waals surface area contributed by atoms with E-state index in [1.807, 2.05) is 0 Å². The number of hydrogen-bond acceptors (Lipinski definition) is 3. The van der Waals surface area contributed by atoms with Crippen molar-refractivity contribution in [3.05, 3.63) is 112 Å². The number of carbonyl (C=O) groups is 2. The first-order chi connectivity index (χ1) is 21.1. The normalized spacial score (nSPS) is 14.9. The SMILES string of the molecule is NC(=O)c1cc(-c2cccnc2[C@H](Cc2cc(F)cc(F)c2)NC(=O)Cn2cc(C(F)(F)F)c3c2CCCC3(F)F)ccc1F. The van der Waals surface area contributed by atoms with E-state index in [1.54, 1.807) is 0 Å². The lowest BCUT2D eigenvalue weighted by Gasteiger charge is -2.25. The van der Waals surface area contributed by atoms with Crippen LogP contribution in [0.3, 0.4) is 0 Å². The highest BCUT2D eigenvalue weighted by molar-refractivity contribution is 5.94. The third kappa shape index (κ3) is 6.69. The molecule has 1 aliphatic rings. The molecule has 2 heterocycles. The van der Waals surface area contributed by atoms with Crippen molar-refractivity contribution in [1.82, 2.24) is 14.9 Å². The van der Waals surface area contributed by atoms with Gasteiger partial charge in [-0.2, -0.15) is 13.2 Å². The van der Waals surface area contributed by atoms with Crippen LogP contribution in [-0.4, -0.2) is 21.4 Å². The summed E-state index contributed by atoms with van der Waals surface area (Å²) in [6.45, 7) is -0.785. The summed E-state index contributed by atoms with van der Waals surface area (Å²) in [5.41, 5.74) is 2.51. The lowest BCUT2D eigenvalue weighted by Crippen LogP contribution is -2.34. The van der Waals surface area contributed by atoms with Crippen molar-refractivity contribution in [2.45, 2.75) is 50.4 Å². The minimum atomic E-state index is -5.10. The molecule has 1 aliphatic carbocycles. The third-order valence-electron chi connectivity index (χ3n) is 7.49. The largest absolute Gasteiger partial charge is 0.418 e. The zero-order valence-electron chi connectivity index (χ0n) is 23.2. The van der Waals surface area contributed by atoms with Gasteiger partial charge in [0.2, 0.25) is 5.91 Å². The molecular formula is C31H24F8N4O2. The minimum Gasteiger partial charge on any atom is -0.366 e. The quantitative estimate of drug-likeness (QED) is 0.213. The van der Waals surface area contributed by atoms with Gasteiger partial charge in [-0.3, -0.25) is 14.6 Å². The summed E-state index contributed by atoms with van der Waals surface area (Å²) in [6, 6.07) is 7.94. The predicted molar refractivity (Wildman–Crippen MR) is 145 cm³/mol. The topological polar surface area (TPSA) is 90.0 Å². The number of nitrogens with zero attached hydrogens (tertiary/aromatic N) is 2. The second-order valence-electron chi connectivity index (χ2n) is 10.6. The standard InChI is InChI=1S/C31H24F8N4O2/c32-18-9-16(10-19(33)13-18)11-24(28-20(3-2-8-41-28)17-5-6-23(34)21(12-17)29(40)45)42-26(44)15-43-14-22(31(37,38)39)27-25(43)4-1-7-30(27,35)36/h2-3,5-6,8-10,12-14,24H,1,4,7,11,15H2,(H2,40,45)(H,42,44)/t24-/m0/s1. The van der Waals surface area contributed by atoms with E-state index >= 15 is 0 Å². The fourth-order valence-corrected chi connectivity index (χ4v) is 5.63. The lowest BCUT2D eigenvalue weighted by atomic mass is 9.91. The third-order valence-corrected chi connectivity index (χ3v) is 7.49. The maximum absolute atomic E-state index is 14.7. The van der Waals surface area contributed by atoms with Gasteiger partial charge in [0.05, 0.1) is 28.4 Å². The molecule has 0 radical (unpaired) electrons. The summed E-state index contributed by atoms with van der Waals surface area (Å²) < 4.78 is 114. The van der Waals surface area contributed by atoms with Crippen LogP contribution in [0.15, 0.2) is 60.9 Å². The van der Waals surface area contributed by atoms with Crippen molar-refractivity contribution in [3.63, 3.8) is 0 Å². The molecule has 0 bridgehead atoms. The minimum absolute atomic E-state index is 0.0728. The zero-order chi connectivity index (χ0) is 32.7. The molecule has 5 rings (SSSR count). The van der Waals surface area contributed by atoms with E-state index in [0.717, 1.165) is 28.8 Å². The number of fused-ring (bicyclic) bond motifs is 1. The molecule has 0 saturated carbocycles. The molecule has 1 atom stereocenters. The number of rotatable bonds is 8. The number of amides is 2. The van der Waals surface area contributed by atoms with E-state index < -0.39 is 77.1 Å². The zero-order valence-corrected chi connectivity index (χ0v) is 23.2. The van der Waals surface area contributed by atoms with Crippen LogP contribution in [0.5, 0.6) is 0 Å². The molecule has 2 aromatic heterocycles. The maximum Gasteiger partial charge on any atom is 0.418 e. The first-order valence-corrected chi connectivity index (χ1v) is 13.6. The van der Waals surface area contributed by atoms with Gasteiger partial charge < -0.3 is 15.6 Å². The average molecular weight is 637 g/mol. The summed E-state index contributed by atoms with van der Waals surface area (Å²) in [4.78, 5) is 29.5. The highest BCUT2D eigenvalue weighted by Crippen LogP contribution is 2.47. The number of benzene rings is 2. The molecule has 45 heavy (non-hydrogen) atoms. The Morgan fingerprint density at radius 3 is 2.42 bits per heavy atom. The fourth-order valence-electron chi connectivity index (χ4n) is 5.63. The maximum atomic E-state index is 14.7. The summed E-state index contributed by atoms with van der Waals surface area (Å²) >= 11 is 0. The molecular weight excluding hydrogens is 612 g/mol. The second-order valence-corrected chi connectivity index (χ2v) is 10.6. The predicted octanol–water partition coefficient (Wildman–Crippen LogP) is 6.61. The van der Waals surface area contributed by atoms with Crippen LogP contribution < -0.4 is 11.1 Å². The van der Waals surface area contributed by atoms with Crippen molar-refractivity contribution in [2.24, 2.45) is 5.73 Å². The summed E-state index contributed by atoms with van der Waals surface area (Å²) in [5.74, 6) is -8.44. The first-order valence-electron chi connectivity index (χ1n) is 13.6. The van der Waals surface area contributed by atoms with Gasteiger partial charge in [0.15, 0.2) is 0 Å². The van der Waals surface area contributed by atoms with E-state index in [9.17, 15) is 44.7 Å². The van der Waals surface area contributed by atoms with Gasteiger partial charge in [-0.15, -0.1) is 0 Å². The molecule has 4 aromatic rings. The van der Waals surface area contributed by atoms with Crippen LogP contribution in [0.25, 0.3) is 11.1 Å². The summed E-state index contributed by atoms with van der Waals surface area (Å²) in [5, 5.41) is 2.60. The van der Waals surface area contributed by atoms with Crippen LogP contribution >= 0.6 is 0 Å². The van der Waals surface area contributed by atoms with Gasteiger partial charge >= 0.3 is 6.18 Å². The van der Waals surface area contributed by atoms with E-state index in [2.05, 4.69) is 10.3 Å². The highest BCUT2D eigenvalue weighted by Gasteiger charge is 2.48. The number of alkyl halides is 5. The molecule has 0 unspecified atom stereocenters. The summed E-state index contributed by atoms with van der Waals surface area (Å²) in [6.07, 6.45) is -4.53. The smallest absolute Gasteiger partial charge is 0.366 e. The Balaban J connectivity index is 1.54. The van der Waals surface area contributed by atoms with Crippen molar-refractivity contribution in [1.29, 1.82) is 0 Å². The van der Waals surface area contributed by atoms with E-state index in [-0.39, 0.29) is 47.3 Å². The summed E-state index contributed by atoms with van der Waals surface area (Å²) in [7, 11) is 0. The van der Waals surface area contributed by atoms with Crippen molar-refractivity contribution in [3.8, 4) is 11.1 Å². The number of nitrogens with two attached hydrogens (primary N) is 1. The molecule has 3 N–H and O–H groups in total. The molecule has 6 nitrogen and oxygen atoms in total. The number of primary amides is 1. The lowest BCUT2D eigenvalue weighted by molar-refractivity contribution is -0.142. The highest BCUT2D eigenvalue weighted by atomic mass is 19.4. The van der Waals surface area contributed by atoms with E-state index in [1.165, 1.54) is 24.4 Å². The van der Waals surface area contributed by atoms with Crippen molar-refractivity contribution >= 4 is 11.8 Å². The molecule has 0 saturated heterocycles. The number of pyridine rings is 1. The average Bonchev–Trinajstić information content (AvgIpc) is 3.32. The molecule has 14 heteroatoms. The Kier molecular flexibility index (Phi) is 8.43. The number of halogens is 8. The van der Waals surface area contributed by atoms with Gasteiger partial charge in [0.1, 0.15) is 24.0 Å². The number of nitrogens with one attached hydrogen (secondary N) is 1. The van der Waals surface area contributed by atoms with Crippen molar-refractivity contribution in [2.75, 3.05) is 0 Å². The Morgan fingerprint density at radius 2 is 1.76 bits per heavy atom. The van der Waals surface area contributed by atoms with Crippen molar-refractivity contribution < 1.29 is 44.7 Å². The van der Waals surface area contributed by atoms with Crippen LogP contribution in [0, 0.1) is 17.5 Å². The van der Waals surface area contributed by atoms with Gasteiger partial charge in [0.25, 0.3) is 11.8 Å². The second kappa shape index (κ2) is 12.0. The Hall–Kier alpha value is -4.75. The van der Waals surface area contributed by atoms with Crippen LogP contribution in [0.1, 0.15) is 57.3 Å². The molecule has 0 spiro atoms. The van der Waals surface area contributed by atoms with E-state index in [0.29, 0.717) is 12.3 Å². The first kappa shape index (κ1) is 31.7. The number of carbonyl (C=O) groups excluding carboxylic acids is 2. The molecule has 2 aromatic carbocycles. The Bertz CT molecular complexity index is 1760. The monoisotopic (exact) mass is 636 g/mol. The van der Waals surface area contributed by atoms with Crippen LogP contribution in [0.4, 0.5) is 35.1 Å². The Morgan fingerprint density at radius 1 is 1.04 bits per heavy atom. The fraction of sp³-hybridized carbons (Fsp3) is 0.258. The van der Waals surface area contributed by atoms with Crippen LogP contribution in [-0.2, 0) is 36.3 Å². The van der Waals surface area contributed by atoms with Gasteiger partial charge in [-0.25, -0.2) is 22.0 Å². The number of aromatic nitrogens is 2. The molecule has 0 aliphatic heterocycles. The molecule has 0 fully saturated rings.